The minimum atomic E-state index is 0.0640. The molecule has 88 valence electrons. The molecule has 0 heterocycles. The maximum absolute atomic E-state index is 11.2. The van der Waals surface area contributed by atoms with Crippen molar-refractivity contribution in [2.24, 2.45) is 5.92 Å². The molecule has 0 aliphatic heterocycles. The topological polar surface area (TPSA) is 41.1 Å². The molecule has 0 saturated heterocycles. The Labute approximate surface area is 97.2 Å². The molecular formula is C13H20N2O. The van der Waals surface area contributed by atoms with Crippen LogP contribution in [0.25, 0.3) is 0 Å². The Hall–Kier alpha value is -1.35. The van der Waals surface area contributed by atoms with Gasteiger partial charge in [0.05, 0.1) is 0 Å². The summed E-state index contributed by atoms with van der Waals surface area (Å²) in [6.07, 6.45) is 0. The molecule has 1 amide bonds. The van der Waals surface area contributed by atoms with Crippen LogP contribution in [-0.4, -0.2) is 19.0 Å². The number of hydrogen-bond donors (Lipinski definition) is 2. The van der Waals surface area contributed by atoms with E-state index in [0.29, 0.717) is 6.54 Å². The van der Waals surface area contributed by atoms with Gasteiger partial charge in [0, 0.05) is 25.6 Å². The summed E-state index contributed by atoms with van der Waals surface area (Å²) in [5, 5.41) is 6.15. The molecule has 3 nitrogen and oxygen atoms in total. The van der Waals surface area contributed by atoms with E-state index in [9.17, 15) is 4.79 Å². The molecule has 3 heteroatoms. The van der Waals surface area contributed by atoms with Gasteiger partial charge in [0.25, 0.3) is 0 Å². The van der Waals surface area contributed by atoms with Crippen molar-refractivity contribution < 1.29 is 4.79 Å². The number of rotatable bonds is 6. The first kappa shape index (κ1) is 12.7. The number of carbonyl (C=O) groups is 1. The summed E-state index contributed by atoms with van der Waals surface area (Å²) in [6.45, 7) is 6.12. The van der Waals surface area contributed by atoms with Crippen molar-refractivity contribution in [1.82, 2.24) is 10.6 Å². The molecule has 0 aliphatic carbocycles. The third-order valence-electron chi connectivity index (χ3n) is 2.30. The van der Waals surface area contributed by atoms with E-state index in [0.717, 1.165) is 13.1 Å². The SMILES string of the molecule is CC(C)C(=O)NCCNCc1ccccc1. The van der Waals surface area contributed by atoms with Crippen LogP contribution in [0.1, 0.15) is 19.4 Å². The average molecular weight is 220 g/mol. The van der Waals surface area contributed by atoms with Crippen LogP contribution in [0.4, 0.5) is 0 Å². The highest BCUT2D eigenvalue weighted by Crippen LogP contribution is 1.96. The van der Waals surface area contributed by atoms with Crippen molar-refractivity contribution in [1.29, 1.82) is 0 Å². The van der Waals surface area contributed by atoms with E-state index in [2.05, 4.69) is 22.8 Å². The van der Waals surface area contributed by atoms with Crippen LogP contribution in [0.3, 0.4) is 0 Å². The number of benzene rings is 1. The Morgan fingerprint density at radius 2 is 1.88 bits per heavy atom. The molecular weight excluding hydrogens is 200 g/mol. The van der Waals surface area contributed by atoms with Crippen molar-refractivity contribution in [2.45, 2.75) is 20.4 Å². The Balaban J connectivity index is 2.07. The Morgan fingerprint density at radius 1 is 1.19 bits per heavy atom. The molecule has 0 aromatic heterocycles. The molecule has 0 spiro atoms. The third kappa shape index (κ3) is 4.94. The van der Waals surface area contributed by atoms with Gasteiger partial charge in [-0.15, -0.1) is 0 Å². The second kappa shape index (κ2) is 7.01. The van der Waals surface area contributed by atoms with Crippen LogP contribution in [0.15, 0.2) is 30.3 Å². The fourth-order valence-electron chi connectivity index (χ4n) is 1.31. The predicted molar refractivity (Wildman–Crippen MR) is 66.0 cm³/mol. The molecule has 0 bridgehead atoms. The molecule has 1 aromatic carbocycles. The van der Waals surface area contributed by atoms with Crippen molar-refractivity contribution >= 4 is 5.91 Å². The molecule has 0 saturated carbocycles. The second-order valence-electron chi connectivity index (χ2n) is 4.11. The van der Waals surface area contributed by atoms with Gasteiger partial charge in [-0.3, -0.25) is 4.79 Å². The van der Waals surface area contributed by atoms with E-state index in [1.54, 1.807) is 0 Å². The fourth-order valence-corrected chi connectivity index (χ4v) is 1.31. The molecule has 0 atom stereocenters. The standard InChI is InChI=1S/C13H20N2O/c1-11(2)13(16)15-9-8-14-10-12-6-4-3-5-7-12/h3-7,11,14H,8-10H2,1-2H3,(H,15,16). The lowest BCUT2D eigenvalue weighted by Gasteiger charge is -2.08. The van der Waals surface area contributed by atoms with Gasteiger partial charge >= 0.3 is 0 Å². The van der Waals surface area contributed by atoms with Gasteiger partial charge in [-0.2, -0.15) is 0 Å². The molecule has 0 aliphatic rings. The van der Waals surface area contributed by atoms with Crippen LogP contribution in [0, 0.1) is 5.92 Å². The second-order valence-corrected chi connectivity index (χ2v) is 4.11. The highest BCUT2D eigenvalue weighted by Gasteiger charge is 2.04. The Morgan fingerprint density at radius 3 is 2.50 bits per heavy atom. The first-order valence-electron chi connectivity index (χ1n) is 5.72. The summed E-state index contributed by atoms with van der Waals surface area (Å²) in [5.41, 5.74) is 1.26. The van der Waals surface area contributed by atoms with Gasteiger partial charge in [-0.05, 0) is 5.56 Å². The third-order valence-corrected chi connectivity index (χ3v) is 2.30. The lowest BCUT2D eigenvalue weighted by atomic mass is 10.2. The van der Waals surface area contributed by atoms with Crippen LogP contribution in [0.2, 0.25) is 0 Å². The van der Waals surface area contributed by atoms with Crippen LogP contribution >= 0.6 is 0 Å². The summed E-state index contributed by atoms with van der Waals surface area (Å²) in [5.74, 6) is 0.177. The van der Waals surface area contributed by atoms with Crippen LogP contribution in [-0.2, 0) is 11.3 Å². The van der Waals surface area contributed by atoms with Gasteiger partial charge in [0.15, 0.2) is 0 Å². The molecule has 0 radical (unpaired) electrons. The zero-order valence-electron chi connectivity index (χ0n) is 9.99. The van der Waals surface area contributed by atoms with Crippen molar-refractivity contribution in [3.8, 4) is 0 Å². The highest BCUT2D eigenvalue weighted by molar-refractivity contribution is 5.77. The van der Waals surface area contributed by atoms with Gasteiger partial charge < -0.3 is 10.6 Å². The zero-order valence-corrected chi connectivity index (χ0v) is 9.99. The lowest BCUT2D eigenvalue weighted by molar-refractivity contribution is -0.123. The smallest absolute Gasteiger partial charge is 0.222 e. The maximum Gasteiger partial charge on any atom is 0.222 e. The minimum Gasteiger partial charge on any atom is -0.355 e. The van der Waals surface area contributed by atoms with E-state index >= 15 is 0 Å². The summed E-state index contributed by atoms with van der Waals surface area (Å²) < 4.78 is 0. The van der Waals surface area contributed by atoms with Gasteiger partial charge in [0.1, 0.15) is 0 Å². The molecule has 0 unspecified atom stereocenters. The molecule has 1 aromatic rings. The Kier molecular flexibility index (Phi) is 5.57. The molecule has 1 rings (SSSR count). The summed E-state index contributed by atoms with van der Waals surface area (Å²) in [4.78, 5) is 11.2. The first-order valence-corrected chi connectivity index (χ1v) is 5.72. The van der Waals surface area contributed by atoms with E-state index < -0.39 is 0 Å². The number of hydrogen-bond acceptors (Lipinski definition) is 2. The summed E-state index contributed by atoms with van der Waals surface area (Å²) >= 11 is 0. The number of amides is 1. The van der Waals surface area contributed by atoms with E-state index in [-0.39, 0.29) is 11.8 Å². The van der Waals surface area contributed by atoms with Gasteiger partial charge in [-0.1, -0.05) is 44.2 Å². The number of nitrogens with one attached hydrogen (secondary N) is 2. The maximum atomic E-state index is 11.2. The van der Waals surface area contributed by atoms with Gasteiger partial charge in [-0.25, -0.2) is 0 Å². The normalized spacial score (nSPS) is 10.4. The Bertz CT molecular complexity index is 309. The van der Waals surface area contributed by atoms with Crippen LogP contribution in [0.5, 0.6) is 0 Å². The van der Waals surface area contributed by atoms with E-state index in [1.165, 1.54) is 5.56 Å². The van der Waals surface area contributed by atoms with Crippen molar-refractivity contribution in [3.05, 3.63) is 35.9 Å². The monoisotopic (exact) mass is 220 g/mol. The van der Waals surface area contributed by atoms with Crippen molar-refractivity contribution in [2.75, 3.05) is 13.1 Å². The highest BCUT2D eigenvalue weighted by atomic mass is 16.1. The summed E-state index contributed by atoms with van der Waals surface area (Å²) in [6, 6.07) is 10.2. The quantitative estimate of drug-likeness (QED) is 0.714. The lowest BCUT2D eigenvalue weighted by Crippen LogP contribution is -2.34. The fraction of sp³-hybridized carbons (Fsp3) is 0.462. The van der Waals surface area contributed by atoms with Gasteiger partial charge in [0.2, 0.25) is 5.91 Å². The minimum absolute atomic E-state index is 0.0640. The van der Waals surface area contributed by atoms with E-state index in [4.69, 9.17) is 0 Å². The molecule has 2 N–H and O–H groups in total. The van der Waals surface area contributed by atoms with Crippen LogP contribution < -0.4 is 10.6 Å². The van der Waals surface area contributed by atoms with Crippen molar-refractivity contribution in [3.63, 3.8) is 0 Å². The molecule has 0 fully saturated rings. The zero-order chi connectivity index (χ0) is 11.8. The molecule has 16 heavy (non-hydrogen) atoms. The summed E-state index contributed by atoms with van der Waals surface area (Å²) in [7, 11) is 0. The number of carbonyl (C=O) groups excluding carboxylic acids is 1. The average Bonchev–Trinajstić information content (AvgIpc) is 2.29. The predicted octanol–water partition coefficient (Wildman–Crippen LogP) is 1.55. The van der Waals surface area contributed by atoms with E-state index in [1.807, 2.05) is 32.0 Å². The largest absolute Gasteiger partial charge is 0.355 e. The first-order chi connectivity index (χ1) is 7.70.